The van der Waals surface area contributed by atoms with Crippen LogP contribution in [0.3, 0.4) is 0 Å². The first kappa shape index (κ1) is 14.8. The largest absolute Gasteiger partial charge is 0.496 e. The summed E-state index contributed by atoms with van der Waals surface area (Å²) in [5, 5.41) is 16.2. The van der Waals surface area contributed by atoms with Gasteiger partial charge in [0.05, 0.1) is 19.1 Å². The molecular formula is C15H22N2O3. The van der Waals surface area contributed by atoms with Gasteiger partial charge in [-0.1, -0.05) is 18.2 Å². The zero-order chi connectivity index (χ0) is 14.4. The SMILES string of the molecule is COc1ccccc1[C@H](O)CNC(=O)[C@@H]1CCCNC1. The third-order valence-corrected chi connectivity index (χ3v) is 3.64. The minimum atomic E-state index is -0.758. The summed E-state index contributed by atoms with van der Waals surface area (Å²) in [7, 11) is 1.57. The van der Waals surface area contributed by atoms with Gasteiger partial charge in [0.15, 0.2) is 0 Å². The number of para-hydroxylation sites is 1. The summed E-state index contributed by atoms with van der Waals surface area (Å²) in [6.07, 6.45) is 1.17. The van der Waals surface area contributed by atoms with Gasteiger partial charge in [-0.15, -0.1) is 0 Å². The Morgan fingerprint density at radius 3 is 3.05 bits per heavy atom. The Morgan fingerprint density at radius 2 is 2.35 bits per heavy atom. The molecule has 0 radical (unpaired) electrons. The average Bonchev–Trinajstić information content (AvgIpc) is 2.53. The molecule has 1 saturated heterocycles. The molecule has 5 nitrogen and oxygen atoms in total. The predicted octanol–water partition coefficient (Wildman–Crippen LogP) is 0.844. The number of aliphatic hydroxyl groups is 1. The second-order valence-electron chi connectivity index (χ2n) is 5.05. The van der Waals surface area contributed by atoms with E-state index in [4.69, 9.17) is 4.74 Å². The van der Waals surface area contributed by atoms with Crippen molar-refractivity contribution in [1.29, 1.82) is 0 Å². The van der Waals surface area contributed by atoms with E-state index in [2.05, 4.69) is 10.6 Å². The molecule has 5 heteroatoms. The fourth-order valence-corrected chi connectivity index (χ4v) is 2.47. The van der Waals surface area contributed by atoms with Gasteiger partial charge in [-0.2, -0.15) is 0 Å². The number of hydrogen-bond acceptors (Lipinski definition) is 4. The van der Waals surface area contributed by atoms with Crippen LogP contribution in [-0.2, 0) is 4.79 Å². The van der Waals surface area contributed by atoms with E-state index in [9.17, 15) is 9.90 Å². The smallest absolute Gasteiger partial charge is 0.224 e. The van der Waals surface area contributed by atoms with Crippen molar-refractivity contribution in [2.24, 2.45) is 5.92 Å². The number of ether oxygens (including phenoxy) is 1. The van der Waals surface area contributed by atoms with E-state index in [0.717, 1.165) is 25.9 Å². The third kappa shape index (κ3) is 3.71. The van der Waals surface area contributed by atoms with Crippen LogP contribution in [0.4, 0.5) is 0 Å². The standard InChI is InChI=1S/C15H22N2O3/c1-20-14-7-3-2-6-12(14)13(18)10-17-15(19)11-5-4-8-16-9-11/h2-3,6-7,11,13,16,18H,4-5,8-10H2,1H3,(H,17,19)/t11-,13-/m1/s1. The molecule has 2 rings (SSSR count). The van der Waals surface area contributed by atoms with E-state index in [0.29, 0.717) is 11.3 Å². The maximum absolute atomic E-state index is 12.0. The number of methoxy groups -OCH3 is 1. The highest BCUT2D eigenvalue weighted by atomic mass is 16.5. The Balaban J connectivity index is 1.88. The average molecular weight is 278 g/mol. The van der Waals surface area contributed by atoms with Gasteiger partial charge in [0, 0.05) is 18.7 Å². The first-order valence-electron chi connectivity index (χ1n) is 7.01. The van der Waals surface area contributed by atoms with Crippen molar-refractivity contribution in [1.82, 2.24) is 10.6 Å². The second-order valence-corrected chi connectivity index (χ2v) is 5.05. The second kappa shape index (κ2) is 7.26. The molecule has 1 heterocycles. The molecule has 0 unspecified atom stereocenters. The first-order valence-corrected chi connectivity index (χ1v) is 7.01. The summed E-state index contributed by atoms with van der Waals surface area (Å²) < 4.78 is 5.21. The lowest BCUT2D eigenvalue weighted by Crippen LogP contribution is -2.41. The maximum atomic E-state index is 12.0. The van der Waals surface area contributed by atoms with Gasteiger partial charge in [0.1, 0.15) is 5.75 Å². The molecule has 110 valence electrons. The lowest BCUT2D eigenvalue weighted by molar-refractivity contribution is -0.125. The van der Waals surface area contributed by atoms with Gasteiger partial charge < -0.3 is 20.5 Å². The summed E-state index contributed by atoms with van der Waals surface area (Å²) in [4.78, 5) is 12.0. The Hall–Kier alpha value is -1.59. The van der Waals surface area contributed by atoms with Crippen molar-refractivity contribution in [3.05, 3.63) is 29.8 Å². The molecule has 1 aromatic rings. The summed E-state index contributed by atoms with van der Waals surface area (Å²) in [5.41, 5.74) is 0.692. The Bertz CT molecular complexity index is 444. The molecular weight excluding hydrogens is 256 g/mol. The van der Waals surface area contributed by atoms with E-state index in [-0.39, 0.29) is 18.4 Å². The van der Waals surface area contributed by atoms with Crippen molar-refractivity contribution < 1.29 is 14.6 Å². The van der Waals surface area contributed by atoms with Crippen molar-refractivity contribution in [3.8, 4) is 5.75 Å². The summed E-state index contributed by atoms with van der Waals surface area (Å²) in [6, 6.07) is 7.29. The number of aliphatic hydroxyl groups excluding tert-OH is 1. The molecule has 1 amide bonds. The molecule has 20 heavy (non-hydrogen) atoms. The van der Waals surface area contributed by atoms with Crippen molar-refractivity contribution >= 4 is 5.91 Å². The van der Waals surface area contributed by atoms with Gasteiger partial charge in [0.25, 0.3) is 0 Å². The Morgan fingerprint density at radius 1 is 1.55 bits per heavy atom. The van der Waals surface area contributed by atoms with E-state index in [1.165, 1.54) is 0 Å². The van der Waals surface area contributed by atoms with Gasteiger partial charge in [-0.25, -0.2) is 0 Å². The summed E-state index contributed by atoms with van der Waals surface area (Å²) in [6.45, 7) is 1.90. The molecule has 1 fully saturated rings. The highest BCUT2D eigenvalue weighted by Gasteiger charge is 2.22. The van der Waals surface area contributed by atoms with Crippen molar-refractivity contribution in [2.45, 2.75) is 18.9 Å². The number of benzene rings is 1. The normalized spacial score (nSPS) is 20.2. The van der Waals surface area contributed by atoms with E-state index < -0.39 is 6.10 Å². The molecule has 1 aliphatic heterocycles. The number of piperidine rings is 1. The van der Waals surface area contributed by atoms with Crippen LogP contribution in [0, 0.1) is 5.92 Å². The van der Waals surface area contributed by atoms with E-state index in [1.807, 2.05) is 12.1 Å². The van der Waals surface area contributed by atoms with Crippen LogP contribution in [0.25, 0.3) is 0 Å². The highest BCUT2D eigenvalue weighted by Crippen LogP contribution is 2.24. The Kier molecular flexibility index (Phi) is 5.38. The van der Waals surface area contributed by atoms with Gasteiger partial charge in [0.2, 0.25) is 5.91 Å². The van der Waals surface area contributed by atoms with Crippen LogP contribution >= 0.6 is 0 Å². The molecule has 3 N–H and O–H groups in total. The zero-order valence-corrected chi connectivity index (χ0v) is 11.8. The lowest BCUT2D eigenvalue weighted by atomic mass is 9.98. The number of amides is 1. The predicted molar refractivity (Wildman–Crippen MR) is 76.6 cm³/mol. The van der Waals surface area contributed by atoms with Crippen LogP contribution in [0.5, 0.6) is 5.75 Å². The van der Waals surface area contributed by atoms with Crippen LogP contribution in [0.15, 0.2) is 24.3 Å². The van der Waals surface area contributed by atoms with Gasteiger partial charge in [-0.05, 0) is 25.5 Å². The number of carbonyl (C=O) groups is 1. The summed E-state index contributed by atoms with van der Waals surface area (Å²) >= 11 is 0. The number of carbonyl (C=O) groups excluding carboxylic acids is 1. The minimum absolute atomic E-state index is 0.00569. The Labute approximate surface area is 119 Å². The molecule has 0 aromatic heterocycles. The minimum Gasteiger partial charge on any atom is -0.496 e. The zero-order valence-electron chi connectivity index (χ0n) is 11.8. The fourth-order valence-electron chi connectivity index (χ4n) is 2.47. The fraction of sp³-hybridized carbons (Fsp3) is 0.533. The van der Waals surface area contributed by atoms with E-state index in [1.54, 1.807) is 19.2 Å². The monoisotopic (exact) mass is 278 g/mol. The van der Waals surface area contributed by atoms with E-state index >= 15 is 0 Å². The van der Waals surface area contributed by atoms with Crippen molar-refractivity contribution in [2.75, 3.05) is 26.7 Å². The molecule has 1 aromatic carbocycles. The van der Waals surface area contributed by atoms with Crippen LogP contribution < -0.4 is 15.4 Å². The van der Waals surface area contributed by atoms with Crippen LogP contribution in [-0.4, -0.2) is 37.8 Å². The van der Waals surface area contributed by atoms with Crippen LogP contribution in [0.2, 0.25) is 0 Å². The maximum Gasteiger partial charge on any atom is 0.224 e. The molecule has 0 spiro atoms. The number of rotatable bonds is 5. The molecule has 0 aliphatic carbocycles. The number of hydrogen-bond donors (Lipinski definition) is 3. The molecule has 1 aliphatic rings. The van der Waals surface area contributed by atoms with Crippen LogP contribution in [0.1, 0.15) is 24.5 Å². The van der Waals surface area contributed by atoms with Gasteiger partial charge >= 0.3 is 0 Å². The molecule has 0 bridgehead atoms. The van der Waals surface area contributed by atoms with Crippen molar-refractivity contribution in [3.63, 3.8) is 0 Å². The third-order valence-electron chi connectivity index (χ3n) is 3.64. The summed E-state index contributed by atoms with van der Waals surface area (Å²) in [5.74, 6) is 0.647. The molecule has 0 saturated carbocycles. The van der Waals surface area contributed by atoms with Gasteiger partial charge in [-0.3, -0.25) is 4.79 Å². The first-order chi connectivity index (χ1) is 9.72. The number of nitrogens with one attached hydrogen (secondary N) is 2. The lowest BCUT2D eigenvalue weighted by Gasteiger charge is -2.23. The highest BCUT2D eigenvalue weighted by molar-refractivity contribution is 5.79. The topological polar surface area (TPSA) is 70.6 Å². The quantitative estimate of drug-likeness (QED) is 0.746. The molecule has 2 atom stereocenters.